The van der Waals surface area contributed by atoms with Crippen LogP contribution in [0.5, 0.6) is 0 Å². The molecule has 0 saturated heterocycles. The van der Waals surface area contributed by atoms with E-state index in [1.165, 1.54) is 22.3 Å². The molecule has 2 nitrogen and oxygen atoms in total. The monoisotopic (exact) mass is 465 g/mol. The molecule has 1 aliphatic rings. The molecule has 0 atom stereocenters. The number of hydrogen-bond acceptors (Lipinski definition) is 1. The Hall–Kier alpha value is -3.36. The van der Waals surface area contributed by atoms with Gasteiger partial charge in [-0.05, 0) is 65.3 Å². The smallest absolute Gasteiger partial charge is 0.227 e. The molecule has 0 heterocycles. The molecule has 1 amide bonds. The first-order valence-corrected chi connectivity index (χ1v) is 12.2. The van der Waals surface area contributed by atoms with Crippen molar-refractivity contribution in [3.63, 3.8) is 0 Å². The van der Waals surface area contributed by atoms with E-state index in [0.717, 1.165) is 29.5 Å². The Morgan fingerprint density at radius 1 is 0.853 bits per heavy atom. The highest BCUT2D eigenvalue weighted by molar-refractivity contribution is 6.30. The first kappa shape index (κ1) is 22.4. The van der Waals surface area contributed by atoms with Gasteiger partial charge in [0.05, 0.1) is 6.42 Å². The zero-order chi connectivity index (χ0) is 23.5. The summed E-state index contributed by atoms with van der Waals surface area (Å²) in [5.41, 5.74) is 8.20. The van der Waals surface area contributed by atoms with Crippen molar-refractivity contribution in [3.05, 3.63) is 130 Å². The number of halogens is 1. The molecule has 0 radical (unpaired) electrons. The van der Waals surface area contributed by atoms with Crippen LogP contribution in [0.15, 0.2) is 97.1 Å². The van der Waals surface area contributed by atoms with Crippen LogP contribution < -0.4 is 0 Å². The van der Waals surface area contributed by atoms with Crippen molar-refractivity contribution in [3.8, 4) is 11.1 Å². The lowest BCUT2D eigenvalue weighted by molar-refractivity contribution is -0.133. The fraction of sp³-hybridized carbons (Fsp3) is 0.194. The molecular weight excluding hydrogens is 438 g/mol. The molecule has 3 heteroatoms. The summed E-state index contributed by atoms with van der Waals surface area (Å²) in [6.07, 6.45) is 2.12. The van der Waals surface area contributed by atoms with Crippen LogP contribution in [0.3, 0.4) is 0 Å². The second-order valence-electron chi connectivity index (χ2n) is 9.19. The van der Waals surface area contributed by atoms with Gasteiger partial charge in [-0.3, -0.25) is 4.79 Å². The summed E-state index contributed by atoms with van der Waals surface area (Å²) in [5, 5.41) is 0.654. The van der Waals surface area contributed by atoms with Crippen LogP contribution in [-0.2, 0) is 30.6 Å². The molecule has 0 unspecified atom stereocenters. The van der Waals surface area contributed by atoms with Gasteiger partial charge in [-0.15, -0.1) is 0 Å². The number of benzene rings is 4. The van der Waals surface area contributed by atoms with E-state index in [1.54, 1.807) is 0 Å². The zero-order valence-electron chi connectivity index (χ0n) is 19.4. The second-order valence-corrected chi connectivity index (χ2v) is 9.62. The van der Waals surface area contributed by atoms with Crippen molar-refractivity contribution in [2.45, 2.75) is 38.8 Å². The Morgan fingerprint density at radius 3 is 2.26 bits per heavy atom. The molecule has 4 aromatic rings. The number of hydrogen-bond donors (Lipinski definition) is 0. The minimum Gasteiger partial charge on any atom is -0.334 e. The van der Waals surface area contributed by atoms with E-state index in [0.29, 0.717) is 18.0 Å². The van der Waals surface area contributed by atoms with Crippen molar-refractivity contribution in [1.82, 2.24) is 4.90 Å². The molecule has 0 spiro atoms. The minimum atomic E-state index is 0.138. The molecule has 0 bridgehead atoms. The lowest BCUT2D eigenvalue weighted by Crippen LogP contribution is -2.41. The number of nitrogens with zero attached hydrogens (tertiary/aromatic N) is 1. The quantitative estimate of drug-likeness (QED) is 0.298. The fourth-order valence-electron chi connectivity index (χ4n) is 5.06. The molecule has 4 aromatic carbocycles. The first-order chi connectivity index (χ1) is 16.6. The van der Waals surface area contributed by atoms with E-state index in [4.69, 9.17) is 11.6 Å². The third kappa shape index (κ3) is 4.93. The number of carbonyl (C=O) groups is 1. The van der Waals surface area contributed by atoms with Gasteiger partial charge in [0.25, 0.3) is 0 Å². The molecule has 0 saturated carbocycles. The average Bonchev–Trinajstić information content (AvgIpc) is 3.27. The van der Waals surface area contributed by atoms with Crippen molar-refractivity contribution < 1.29 is 4.79 Å². The molecule has 0 fully saturated rings. The number of amides is 1. The van der Waals surface area contributed by atoms with Gasteiger partial charge in [-0.2, -0.15) is 0 Å². The molecule has 0 aromatic heterocycles. The predicted molar refractivity (Wildman–Crippen MR) is 140 cm³/mol. The molecule has 0 aliphatic heterocycles. The highest BCUT2D eigenvalue weighted by Crippen LogP contribution is 2.30. The fourth-order valence-corrected chi connectivity index (χ4v) is 5.25. The normalized spacial score (nSPS) is 13.0. The molecule has 0 N–H and O–H groups in total. The van der Waals surface area contributed by atoms with Crippen LogP contribution in [0.2, 0.25) is 5.02 Å². The van der Waals surface area contributed by atoms with E-state index < -0.39 is 0 Å². The van der Waals surface area contributed by atoms with E-state index in [-0.39, 0.29) is 11.9 Å². The third-order valence-electron chi connectivity index (χ3n) is 6.72. The second kappa shape index (κ2) is 9.87. The number of rotatable bonds is 6. The summed E-state index contributed by atoms with van der Waals surface area (Å²) in [4.78, 5) is 16.0. The van der Waals surface area contributed by atoms with Gasteiger partial charge in [-0.1, -0.05) is 102 Å². The summed E-state index contributed by atoms with van der Waals surface area (Å²) >= 11 is 6.38. The van der Waals surface area contributed by atoms with Gasteiger partial charge >= 0.3 is 0 Å². The van der Waals surface area contributed by atoms with E-state index in [9.17, 15) is 4.79 Å². The van der Waals surface area contributed by atoms with Gasteiger partial charge in [-0.25, -0.2) is 0 Å². The van der Waals surface area contributed by atoms with Crippen molar-refractivity contribution in [2.24, 2.45) is 0 Å². The van der Waals surface area contributed by atoms with Crippen LogP contribution in [-0.4, -0.2) is 16.8 Å². The molecular formula is C31H28ClNO. The lowest BCUT2D eigenvalue weighted by atomic mass is 9.96. The molecule has 5 rings (SSSR count). The molecule has 170 valence electrons. The maximum Gasteiger partial charge on any atom is 0.227 e. The van der Waals surface area contributed by atoms with Gasteiger partial charge in [0.15, 0.2) is 0 Å². The van der Waals surface area contributed by atoms with Crippen LogP contribution >= 0.6 is 11.6 Å². The Bertz CT molecular complexity index is 1290. The van der Waals surface area contributed by atoms with Crippen molar-refractivity contribution in [2.75, 3.05) is 0 Å². The van der Waals surface area contributed by atoms with Gasteiger partial charge in [0.1, 0.15) is 0 Å². The molecule has 1 aliphatic carbocycles. The lowest BCUT2D eigenvalue weighted by Gasteiger charge is -2.30. The SMILES string of the molecule is Cc1cccc(CN(C(=O)Cc2cc(Cl)ccc2-c2ccccc2)C2Cc3ccccc3C2)c1. The van der Waals surface area contributed by atoms with Gasteiger partial charge < -0.3 is 4.90 Å². The number of aryl methyl sites for hydroxylation is 1. The van der Waals surface area contributed by atoms with Crippen molar-refractivity contribution in [1.29, 1.82) is 0 Å². The molecule has 34 heavy (non-hydrogen) atoms. The summed E-state index contributed by atoms with van der Waals surface area (Å²) in [6.45, 7) is 2.71. The Labute approximate surface area is 206 Å². The van der Waals surface area contributed by atoms with Crippen LogP contribution in [0.1, 0.15) is 27.8 Å². The summed E-state index contributed by atoms with van der Waals surface area (Å²) < 4.78 is 0. The minimum absolute atomic E-state index is 0.138. The first-order valence-electron chi connectivity index (χ1n) is 11.8. The van der Waals surface area contributed by atoms with Crippen LogP contribution in [0.25, 0.3) is 11.1 Å². The Balaban J connectivity index is 1.46. The summed E-state index contributed by atoms with van der Waals surface area (Å²) in [7, 11) is 0. The van der Waals surface area contributed by atoms with Gasteiger partial charge in [0, 0.05) is 17.6 Å². The maximum absolute atomic E-state index is 13.9. The van der Waals surface area contributed by atoms with E-state index >= 15 is 0 Å². The van der Waals surface area contributed by atoms with Gasteiger partial charge in [0.2, 0.25) is 5.91 Å². The Kier molecular flexibility index (Phi) is 6.51. The standard InChI is InChI=1S/C31H28ClNO/c1-22-8-7-9-23(16-22)21-33(29-18-25-12-5-6-13-26(25)19-29)31(34)20-27-17-28(32)14-15-30(27)24-10-3-2-4-11-24/h2-17,29H,18-21H2,1H3. The zero-order valence-corrected chi connectivity index (χ0v) is 20.1. The predicted octanol–water partition coefficient (Wildman–Crippen LogP) is 7.05. The summed E-state index contributed by atoms with van der Waals surface area (Å²) in [5.74, 6) is 0.138. The number of carbonyl (C=O) groups excluding carboxylic acids is 1. The van der Waals surface area contributed by atoms with Crippen LogP contribution in [0.4, 0.5) is 0 Å². The van der Waals surface area contributed by atoms with E-state index in [1.807, 2.05) is 36.4 Å². The number of fused-ring (bicyclic) bond motifs is 1. The van der Waals surface area contributed by atoms with E-state index in [2.05, 4.69) is 72.5 Å². The largest absolute Gasteiger partial charge is 0.334 e. The maximum atomic E-state index is 13.9. The summed E-state index contributed by atoms with van der Waals surface area (Å²) in [6, 6.07) is 33.2. The highest BCUT2D eigenvalue weighted by Gasteiger charge is 2.30. The highest BCUT2D eigenvalue weighted by atomic mass is 35.5. The van der Waals surface area contributed by atoms with Crippen LogP contribution in [0, 0.1) is 6.92 Å². The Morgan fingerprint density at radius 2 is 1.56 bits per heavy atom. The van der Waals surface area contributed by atoms with Crippen molar-refractivity contribution >= 4 is 17.5 Å². The third-order valence-corrected chi connectivity index (χ3v) is 6.95. The average molecular weight is 466 g/mol. The topological polar surface area (TPSA) is 20.3 Å².